The number of hydrogen-bond acceptors (Lipinski definition) is 4. The molecular formula is C14H12ClN3O2S. The quantitative estimate of drug-likeness (QED) is 0.938. The van der Waals surface area contributed by atoms with Gasteiger partial charge in [0.25, 0.3) is 0 Å². The van der Waals surface area contributed by atoms with Crippen molar-refractivity contribution in [3.63, 3.8) is 0 Å². The Bertz CT molecular complexity index is 786. The van der Waals surface area contributed by atoms with Crippen molar-refractivity contribution in [2.75, 3.05) is 0 Å². The molecule has 0 aliphatic heterocycles. The van der Waals surface area contributed by atoms with Crippen molar-refractivity contribution in [1.29, 1.82) is 5.26 Å². The molecule has 0 bridgehead atoms. The summed E-state index contributed by atoms with van der Waals surface area (Å²) >= 11 is 5.86. The number of pyridine rings is 1. The number of aromatic nitrogens is 1. The van der Waals surface area contributed by atoms with Gasteiger partial charge in [-0.1, -0.05) is 17.7 Å². The molecule has 0 amide bonds. The van der Waals surface area contributed by atoms with Crippen LogP contribution in [0.3, 0.4) is 0 Å². The van der Waals surface area contributed by atoms with Crippen LogP contribution in [0.5, 0.6) is 0 Å². The number of rotatable bonds is 4. The molecule has 2 aromatic rings. The van der Waals surface area contributed by atoms with E-state index in [1.807, 2.05) is 6.07 Å². The first-order valence-electron chi connectivity index (χ1n) is 6.06. The predicted molar refractivity (Wildman–Crippen MR) is 79.1 cm³/mol. The zero-order valence-corrected chi connectivity index (χ0v) is 12.7. The van der Waals surface area contributed by atoms with Crippen LogP contribution in [0.15, 0.2) is 47.6 Å². The second-order valence-corrected chi connectivity index (χ2v) is 6.50. The number of halogens is 1. The van der Waals surface area contributed by atoms with E-state index in [-0.39, 0.29) is 15.5 Å². The van der Waals surface area contributed by atoms with Gasteiger partial charge in [-0.15, -0.1) is 0 Å². The molecule has 0 radical (unpaired) electrons. The van der Waals surface area contributed by atoms with E-state index in [1.165, 1.54) is 18.2 Å². The summed E-state index contributed by atoms with van der Waals surface area (Å²) in [6, 6.07) is 8.96. The summed E-state index contributed by atoms with van der Waals surface area (Å²) in [6.07, 6.45) is 3.21. The summed E-state index contributed by atoms with van der Waals surface area (Å²) in [7, 11) is -3.73. The van der Waals surface area contributed by atoms with E-state index in [4.69, 9.17) is 16.9 Å². The SMILES string of the molecule is C[C@H](NS(=O)(=O)c1ccc(C#N)c(Cl)c1)c1cccnc1. The van der Waals surface area contributed by atoms with Crippen LogP contribution in [-0.2, 0) is 10.0 Å². The topological polar surface area (TPSA) is 82.9 Å². The van der Waals surface area contributed by atoms with Crippen molar-refractivity contribution in [3.8, 4) is 6.07 Å². The number of benzene rings is 1. The molecule has 0 fully saturated rings. The fourth-order valence-electron chi connectivity index (χ4n) is 1.75. The first kappa shape index (κ1) is 15.4. The first-order chi connectivity index (χ1) is 9.94. The van der Waals surface area contributed by atoms with Gasteiger partial charge in [0.1, 0.15) is 6.07 Å². The van der Waals surface area contributed by atoms with Crippen LogP contribution in [0, 0.1) is 11.3 Å². The van der Waals surface area contributed by atoms with Crippen LogP contribution in [0.2, 0.25) is 5.02 Å². The number of nitriles is 1. The third-order valence-electron chi connectivity index (χ3n) is 2.89. The van der Waals surface area contributed by atoms with E-state index in [0.29, 0.717) is 0 Å². The second-order valence-electron chi connectivity index (χ2n) is 4.38. The monoisotopic (exact) mass is 321 g/mol. The average molecular weight is 322 g/mol. The lowest BCUT2D eigenvalue weighted by atomic mass is 10.2. The Hall–Kier alpha value is -1.94. The summed E-state index contributed by atoms with van der Waals surface area (Å²) in [5.41, 5.74) is 0.983. The Kier molecular flexibility index (Phi) is 4.58. The summed E-state index contributed by atoms with van der Waals surface area (Å²) < 4.78 is 27.1. The minimum atomic E-state index is -3.73. The molecule has 0 saturated carbocycles. The third-order valence-corrected chi connectivity index (χ3v) is 4.74. The first-order valence-corrected chi connectivity index (χ1v) is 7.92. The van der Waals surface area contributed by atoms with Crippen molar-refractivity contribution in [1.82, 2.24) is 9.71 Å². The van der Waals surface area contributed by atoms with Crippen LogP contribution >= 0.6 is 11.6 Å². The molecular weight excluding hydrogens is 310 g/mol. The van der Waals surface area contributed by atoms with Crippen LogP contribution < -0.4 is 4.72 Å². The Morgan fingerprint density at radius 1 is 1.38 bits per heavy atom. The number of nitrogens with one attached hydrogen (secondary N) is 1. The average Bonchev–Trinajstić information content (AvgIpc) is 2.47. The van der Waals surface area contributed by atoms with E-state index in [9.17, 15) is 8.42 Å². The summed E-state index contributed by atoms with van der Waals surface area (Å²) in [5, 5.41) is 8.91. The van der Waals surface area contributed by atoms with Gasteiger partial charge in [0.2, 0.25) is 10.0 Å². The Balaban J connectivity index is 2.27. The fraction of sp³-hybridized carbons (Fsp3) is 0.143. The van der Waals surface area contributed by atoms with Crippen LogP contribution in [0.1, 0.15) is 24.1 Å². The predicted octanol–water partition coefficient (Wildman–Crippen LogP) is 2.65. The molecule has 1 aromatic heterocycles. The zero-order valence-electron chi connectivity index (χ0n) is 11.1. The maximum absolute atomic E-state index is 12.3. The van der Waals surface area contributed by atoms with E-state index in [2.05, 4.69) is 9.71 Å². The molecule has 0 aliphatic carbocycles. The normalized spacial score (nSPS) is 12.6. The van der Waals surface area contributed by atoms with Crippen LogP contribution in [0.4, 0.5) is 0 Å². The molecule has 1 heterocycles. The van der Waals surface area contributed by atoms with Crippen molar-refractivity contribution < 1.29 is 8.42 Å². The van der Waals surface area contributed by atoms with Gasteiger partial charge in [-0.05, 0) is 36.8 Å². The summed E-state index contributed by atoms with van der Waals surface area (Å²) in [4.78, 5) is 3.97. The van der Waals surface area contributed by atoms with Crippen molar-refractivity contribution in [3.05, 3.63) is 58.9 Å². The molecule has 0 unspecified atom stereocenters. The zero-order chi connectivity index (χ0) is 15.5. The molecule has 108 valence electrons. The Morgan fingerprint density at radius 3 is 2.71 bits per heavy atom. The van der Waals surface area contributed by atoms with Crippen LogP contribution in [-0.4, -0.2) is 13.4 Å². The molecule has 1 N–H and O–H groups in total. The third kappa shape index (κ3) is 3.58. The van der Waals surface area contributed by atoms with E-state index >= 15 is 0 Å². The highest BCUT2D eigenvalue weighted by Crippen LogP contribution is 2.22. The highest BCUT2D eigenvalue weighted by molar-refractivity contribution is 7.89. The molecule has 21 heavy (non-hydrogen) atoms. The summed E-state index contributed by atoms with van der Waals surface area (Å²) in [6.45, 7) is 1.72. The van der Waals surface area contributed by atoms with Gasteiger partial charge in [0, 0.05) is 18.4 Å². The fourth-order valence-corrected chi connectivity index (χ4v) is 3.30. The van der Waals surface area contributed by atoms with E-state index < -0.39 is 16.1 Å². The van der Waals surface area contributed by atoms with Crippen molar-refractivity contribution in [2.45, 2.75) is 17.9 Å². The standard InChI is InChI=1S/C14H12ClN3O2S/c1-10(12-3-2-6-17-9-12)18-21(19,20)13-5-4-11(8-16)14(15)7-13/h2-7,9-10,18H,1H3/t10-/m0/s1. The highest BCUT2D eigenvalue weighted by Gasteiger charge is 2.19. The highest BCUT2D eigenvalue weighted by atomic mass is 35.5. The molecule has 1 aromatic carbocycles. The van der Waals surface area contributed by atoms with Gasteiger partial charge in [0.15, 0.2) is 0 Å². The molecule has 5 nitrogen and oxygen atoms in total. The molecule has 0 saturated heterocycles. The molecule has 0 aliphatic rings. The Labute approximate surface area is 128 Å². The van der Waals surface area contributed by atoms with Gasteiger partial charge in [0.05, 0.1) is 15.5 Å². The maximum Gasteiger partial charge on any atom is 0.241 e. The van der Waals surface area contributed by atoms with Gasteiger partial charge < -0.3 is 0 Å². The molecule has 0 spiro atoms. The van der Waals surface area contributed by atoms with E-state index in [1.54, 1.807) is 31.5 Å². The van der Waals surface area contributed by atoms with Crippen molar-refractivity contribution >= 4 is 21.6 Å². The largest absolute Gasteiger partial charge is 0.264 e. The lowest BCUT2D eigenvalue weighted by Crippen LogP contribution is -2.27. The lowest BCUT2D eigenvalue weighted by molar-refractivity contribution is 0.566. The van der Waals surface area contributed by atoms with E-state index in [0.717, 1.165) is 5.56 Å². The van der Waals surface area contributed by atoms with Crippen molar-refractivity contribution in [2.24, 2.45) is 0 Å². The molecule has 1 atom stereocenters. The minimum absolute atomic E-state index is 0.0160. The maximum atomic E-state index is 12.3. The number of sulfonamides is 1. The van der Waals surface area contributed by atoms with Gasteiger partial charge >= 0.3 is 0 Å². The van der Waals surface area contributed by atoms with Gasteiger partial charge in [-0.2, -0.15) is 5.26 Å². The van der Waals surface area contributed by atoms with Gasteiger partial charge in [-0.3, -0.25) is 4.98 Å². The lowest BCUT2D eigenvalue weighted by Gasteiger charge is -2.14. The Morgan fingerprint density at radius 2 is 2.14 bits per heavy atom. The number of nitrogens with zero attached hydrogens (tertiary/aromatic N) is 2. The minimum Gasteiger partial charge on any atom is -0.264 e. The second kappa shape index (κ2) is 6.22. The number of hydrogen-bond donors (Lipinski definition) is 1. The molecule has 7 heteroatoms. The smallest absolute Gasteiger partial charge is 0.241 e. The summed E-state index contributed by atoms with van der Waals surface area (Å²) in [5.74, 6) is 0. The van der Waals surface area contributed by atoms with Gasteiger partial charge in [-0.25, -0.2) is 13.1 Å². The molecule has 2 rings (SSSR count). The van der Waals surface area contributed by atoms with Crippen LogP contribution in [0.25, 0.3) is 0 Å².